The summed E-state index contributed by atoms with van der Waals surface area (Å²) < 4.78 is 16.9. The van der Waals surface area contributed by atoms with Crippen molar-refractivity contribution in [1.82, 2.24) is 10.9 Å². The van der Waals surface area contributed by atoms with Crippen LogP contribution in [0.3, 0.4) is 0 Å². The molecule has 0 atom stereocenters. The van der Waals surface area contributed by atoms with Crippen molar-refractivity contribution in [2.75, 3.05) is 19.8 Å². The van der Waals surface area contributed by atoms with Gasteiger partial charge in [0.1, 0.15) is 30.5 Å². The van der Waals surface area contributed by atoms with Crippen LogP contribution in [0.2, 0.25) is 0 Å². The maximum atomic E-state index is 12.4. The van der Waals surface area contributed by atoms with E-state index in [0.717, 1.165) is 12.2 Å². The molecule has 3 rings (SSSR count). The third kappa shape index (κ3) is 8.16. The summed E-state index contributed by atoms with van der Waals surface area (Å²) in [7, 11) is 0. The topological polar surface area (TPSA) is 85.9 Å². The molecule has 3 aromatic rings. The van der Waals surface area contributed by atoms with E-state index >= 15 is 0 Å². The Morgan fingerprint density at radius 3 is 1.88 bits per heavy atom. The quantitative estimate of drug-likeness (QED) is 0.320. The third-order valence-corrected chi connectivity index (χ3v) is 4.83. The lowest BCUT2D eigenvalue weighted by Gasteiger charge is -2.11. The summed E-state index contributed by atoms with van der Waals surface area (Å²) in [5.74, 6) is 1.69. The van der Waals surface area contributed by atoms with Crippen LogP contribution >= 0.6 is 0 Å². The van der Waals surface area contributed by atoms with Gasteiger partial charge in [0.25, 0.3) is 11.8 Å². The van der Waals surface area contributed by atoms with Gasteiger partial charge >= 0.3 is 0 Å². The molecule has 0 saturated heterocycles. The number of hydrogen-bond donors (Lipinski definition) is 2. The molecule has 0 aromatic heterocycles. The summed E-state index contributed by atoms with van der Waals surface area (Å²) in [4.78, 5) is 24.8. The Kier molecular flexibility index (Phi) is 9.34. The van der Waals surface area contributed by atoms with E-state index in [4.69, 9.17) is 14.2 Å². The molecule has 7 nitrogen and oxygen atoms in total. The first-order valence-corrected chi connectivity index (χ1v) is 11.3. The number of carbonyl (C=O) groups is 2. The van der Waals surface area contributed by atoms with E-state index in [2.05, 4.69) is 24.7 Å². The number of rotatable bonds is 11. The molecule has 0 unspecified atom stereocenters. The first-order valence-electron chi connectivity index (χ1n) is 11.3. The molecule has 0 spiro atoms. The summed E-state index contributed by atoms with van der Waals surface area (Å²) in [6, 6.07) is 22.9. The molecule has 0 heterocycles. The zero-order chi connectivity index (χ0) is 24.2. The molecule has 0 saturated carbocycles. The number of amides is 2. The van der Waals surface area contributed by atoms with Gasteiger partial charge in [0.2, 0.25) is 0 Å². The van der Waals surface area contributed by atoms with Gasteiger partial charge in [-0.3, -0.25) is 20.4 Å². The van der Waals surface area contributed by atoms with Crippen LogP contribution < -0.4 is 25.1 Å². The molecule has 0 radical (unpaired) electrons. The van der Waals surface area contributed by atoms with Crippen LogP contribution in [0.25, 0.3) is 0 Å². The lowest BCUT2D eigenvalue weighted by atomic mass is 10.1. The third-order valence-electron chi connectivity index (χ3n) is 4.83. The predicted octanol–water partition coefficient (Wildman–Crippen LogP) is 4.64. The molecule has 178 valence electrons. The van der Waals surface area contributed by atoms with Crippen LogP contribution in [0.4, 0.5) is 0 Å². The first kappa shape index (κ1) is 24.6. The fourth-order valence-corrected chi connectivity index (χ4v) is 2.94. The predicted molar refractivity (Wildman–Crippen MR) is 130 cm³/mol. The van der Waals surface area contributed by atoms with Crippen molar-refractivity contribution in [1.29, 1.82) is 0 Å². The van der Waals surface area contributed by atoms with Crippen molar-refractivity contribution < 1.29 is 23.8 Å². The smallest absolute Gasteiger partial charge is 0.269 e. The van der Waals surface area contributed by atoms with Crippen LogP contribution in [0.1, 0.15) is 41.0 Å². The molecule has 2 N–H and O–H groups in total. The van der Waals surface area contributed by atoms with E-state index in [1.165, 1.54) is 0 Å². The van der Waals surface area contributed by atoms with Gasteiger partial charge in [0.05, 0.1) is 6.61 Å². The van der Waals surface area contributed by atoms with Gasteiger partial charge in [0.15, 0.2) is 0 Å². The number of nitrogens with one attached hydrogen (secondary N) is 2. The van der Waals surface area contributed by atoms with E-state index in [9.17, 15) is 9.59 Å². The SMILES string of the molecule is CC(C)CCOc1ccc(C(=O)NNC(=O)c2cccc(OCCOc3ccccc3)c2)cc1. The van der Waals surface area contributed by atoms with E-state index in [-0.39, 0.29) is 0 Å². The van der Waals surface area contributed by atoms with Crippen LogP contribution in [0.15, 0.2) is 78.9 Å². The highest BCUT2D eigenvalue weighted by Gasteiger charge is 2.10. The summed E-state index contributed by atoms with van der Waals surface area (Å²) >= 11 is 0. The second kappa shape index (κ2) is 12.9. The molecule has 0 aliphatic carbocycles. The minimum atomic E-state index is -0.451. The second-order valence-corrected chi connectivity index (χ2v) is 8.00. The monoisotopic (exact) mass is 462 g/mol. The zero-order valence-electron chi connectivity index (χ0n) is 19.5. The maximum absolute atomic E-state index is 12.4. The van der Waals surface area contributed by atoms with Crippen molar-refractivity contribution in [3.63, 3.8) is 0 Å². The highest BCUT2D eigenvalue weighted by atomic mass is 16.5. The second-order valence-electron chi connectivity index (χ2n) is 8.00. The van der Waals surface area contributed by atoms with Crippen molar-refractivity contribution >= 4 is 11.8 Å². The number of benzene rings is 3. The highest BCUT2D eigenvalue weighted by Crippen LogP contribution is 2.15. The zero-order valence-corrected chi connectivity index (χ0v) is 19.5. The Morgan fingerprint density at radius 2 is 1.21 bits per heavy atom. The molecule has 0 fully saturated rings. The lowest BCUT2D eigenvalue weighted by Crippen LogP contribution is -2.41. The molecule has 2 amide bonds. The van der Waals surface area contributed by atoms with Crippen LogP contribution in [-0.2, 0) is 0 Å². The summed E-state index contributed by atoms with van der Waals surface area (Å²) in [6.07, 6.45) is 0.960. The van der Waals surface area contributed by atoms with Gasteiger partial charge < -0.3 is 14.2 Å². The number of para-hydroxylation sites is 1. The molecular weight excluding hydrogens is 432 g/mol. The van der Waals surface area contributed by atoms with Crippen LogP contribution in [0.5, 0.6) is 17.2 Å². The number of ether oxygens (including phenoxy) is 3. The average Bonchev–Trinajstić information content (AvgIpc) is 2.86. The Morgan fingerprint density at radius 1 is 0.647 bits per heavy atom. The van der Waals surface area contributed by atoms with Gasteiger partial charge in [-0.25, -0.2) is 0 Å². The largest absolute Gasteiger partial charge is 0.494 e. The molecule has 3 aromatic carbocycles. The Hall–Kier alpha value is -4.00. The van der Waals surface area contributed by atoms with Gasteiger partial charge in [-0.15, -0.1) is 0 Å². The molecule has 0 bridgehead atoms. The van der Waals surface area contributed by atoms with Gasteiger partial charge in [-0.05, 0) is 66.9 Å². The van der Waals surface area contributed by atoms with E-state index < -0.39 is 11.8 Å². The van der Waals surface area contributed by atoms with Crippen LogP contribution in [-0.4, -0.2) is 31.6 Å². The Labute approximate surface area is 200 Å². The molecular formula is C27H30N2O5. The summed E-state index contributed by atoms with van der Waals surface area (Å²) in [5, 5.41) is 0. The highest BCUT2D eigenvalue weighted by molar-refractivity contribution is 5.99. The minimum Gasteiger partial charge on any atom is -0.494 e. The number of carbonyl (C=O) groups excluding carboxylic acids is 2. The first-order chi connectivity index (χ1) is 16.5. The molecule has 34 heavy (non-hydrogen) atoms. The van der Waals surface area contributed by atoms with Crippen molar-refractivity contribution in [2.45, 2.75) is 20.3 Å². The fourth-order valence-electron chi connectivity index (χ4n) is 2.94. The van der Waals surface area contributed by atoms with E-state index in [1.807, 2.05) is 30.3 Å². The Balaban J connectivity index is 1.43. The average molecular weight is 463 g/mol. The molecule has 7 heteroatoms. The van der Waals surface area contributed by atoms with E-state index in [0.29, 0.717) is 48.4 Å². The summed E-state index contributed by atoms with van der Waals surface area (Å²) in [5.41, 5.74) is 5.62. The van der Waals surface area contributed by atoms with Crippen LogP contribution in [0, 0.1) is 5.92 Å². The van der Waals surface area contributed by atoms with Crippen molar-refractivity contribution in [3.05, 3.63) is 90.0 Å². The Bertz CT molecular complexity index is 1050. The number of hydrazine groups is 1. The molecule has 0 aliphatic rings. The van der Waals surface area contributed by atoms with Crippen molar-refractivity contribution in [3.8, 4) is 17.2 Å². The normalized spacial score (nSPS) is 10.4. The minimum absolute atomic E-state index is 0.327. The maximum Gasteiger partial charge on any atom is 0.269 e. The molecule has 0 aliphatic heterocycles. The lowest BCUT2D eigenvalue weighted by molar-refractivity contribution is 0.0846. The van der Waals surface area contributed by atoms with Gasteiger partial charge in [0, 0.05) is 11.1 Å². The standard InChI is InChI=1S/C27H30N2O5/c1-20(2)15-16-32-24-13-11-21(12-14-24)26(30)28-29-27(31)22-7-6-10-25(19-22)34-18-17-33-23-8-4-3-5-9-23/h3-14,19-20H,15-18H2,1-2H3,(H,28,30)(H,29,31). The van der Waals surface area contributed by atoms with Gasteiger partial charge in [-0.1, -0.05) is 38.1 Å². The van der Waals surface area contributed by atoms with Gasteiger partial charge in [-0.2, -0.15) is 0 Å². The summed E-state index contributed by atoms with van der Waals surface area (Å²) in [6.45, 7) is 5.60. The van der Waals surface area contributed by atoms with Crippen molar-refractivity contribution in [2.24, 2.45) is 5.92 Å². The fraction of sp³-hybridized carbons (Fsp3) is 0.259. The van der Waals surface area contributed by atoms with E-state index in [1.54, 1.807) is 48.5 Å². The number of hydrogen-bond acceptors (Lipinski definition) is 5.